The second-order valence-corrected chi connectivity index (χ2v) is 4.02. The zero-order valence-electron chi connectivity index (χ0n) is 9.42. The van der Waals surface area contributed by atoms with Crippen molar-refractivity contribution >= 4 is 5.69 Å². The first-order valence-corrected chi connectivity index (χ1v) is 5.20. The number of hydrogen-bond donors (Lipinski definition) is 1. The third-order valence-corrected chi connectivity index (χ3v) is 2.84. The van der Waals surface area contributed by atoms with Crippen molar-refractivity contribution in [1.29, 1.82) is 0 Å². The lowest BCUT2D eigenvalue weighted by atomic mass is 9.96. The third kappa shape index (κ3) is 1.91. The monoisotopic (exact) mass is 215 g/mol. The number of hydrogen-bond acceptors (Lipinski definition) is 1. The van der Waals surface area contributed by atoms with E-state index in [-0.39, 0.29) is 5.82 Å². The van der Waals surface area contributed by atoms with Crippen LogP contribution in [-0.2, 0) is 0 Å². The Bertz CT molecular complexity index is 515. The van der Waals surface area contributed by atoms with Gasteiger partial charge in [0.05, 0.1) is 0 Å². The first-order chi connectivity index (χ1) is 7.58. The van der Waals surface area contributed by atoms with Crippen molar-refractivity contribution in [3.05, 3.63) is 53.3 Å². The summed E-state index contributed by atoms with van der Waals surface area (Å²) in [4.78, 5) is 0. The average molecular weight is 215 g/mol. The summed E-state index contributed by atoms with van der Waals surface area (Å²) in [6, 6.07) is 10.4. The van der Waals surface area contributed by atoms with Gasteiger partial charge >= 0.3 is 0 Å². The summed E-state index contributed by atoms with van der Waals surface area (Å²) < 4.78 is 12.8. The molecule has 0 bridgehead atoms. The summed E-state index contributed by atoms with van der Waals surface area (Å²) in [5, 5.41) is 0. The molecule has 0 fully saturated rings. The summed E-state index contributed by atoms with van der Waals surface area (Å²) in [5.41, 5.74) is 11.0. The molecule has 0 aromatic heterocycles. The average Bonchev–Trinajstić information content (AvgIpc) is 2.25. The van der Waals surface area contributed by atoms with E-state index >= 15 is 0 Å². The molecule has 2 N–H and O–H groups in total. The predicted octanol–water partition coefficient (Wildman–Crippen LogP) is 3.69. The van der Waals surface area contributed by atoms with Gasteiger partial charge in [0.2, 0.25) is 0 Å². The molecule has 0 radical (unpaired) electrons. The second kappa shape index (κ2) is 3.97. The Kier molecular flexibility index (Phi) is 2.65. The maximum absolute atomic E-state index is 12.8. The van der Waals surface area contributed by atoms with Crippen molar-refractivity contribution in [3.8, 4) is 11.1 Å². The SMILES string of the molecule is Cc1cc(N)cc(-c2ccc(F)cc2)c1C. The summed E-state index contributed by atoms with van der Waals surface area (Å²) in [6.07, 6.45) is 0. The number of anilines is 1. The molecule has 16 heavy (non-hydrogen) atoms. The number of nitrogens with two attached hydrogens (primary N) is 1. The van der Waals surface area contributed by atoms with Gasteiger partial charge in [0, 0.05) is 5.69 Å². The van der Waals surface area contributed by atoms with Gasteiger partial charge < -0.3 is 5.73 Å². The van der Waals surface area contributed by atoms with Crippen LogP contribution in [0.15, 0.2) is 36.4 Å². The molecule has 2 aromatic carbocycles. The number of aryl methyl sites for hydroxylation is 1. The number of halogens is 1. The number of rotatable bonds is 1. The highest BCUT2D eigenvalue weighted by Gasteiger charge is 2.05. The first-order valence-electron chi connectivity index (χ1n) is 5.20. The highest BCUT2D eigenvalue weighted by Crippen LogP contribution is 2.28. The van der Waals surface area contributed by atoms with Crippen LogP contribution < -0.4 is 5.73 Å². The zero-order valence-corrected chi connectivity index (χ0v) is 9.42. The van der Waals surface area contributed by atoms with Crippen LogP contribution >= 0.6 is 0 Å². The molecule has 0 heterocycles. The van der Waals surface area contributed by atoms with Gasteiger partial charge in [-0.05, 0) is 60.4 Å². The minimum atomic E-state index is -0.220. The van der Waals surface area contributed by atoms with Crippen LogP contribution in [0.3, 0.4) is 0 Å². The molecule has 0 aliphatic heterocycles. The lowest BCUT2D eigenvalue weighted by molar-refractivity contribution is 0.628. The molecule has 2 aromatic rings. The Morgan fingerprint density at radius 1 is 1.00 bits per heavy atom. The molecule has 82 valence electrons. The molecule has 0 aliphatic rings. The minimum absolute atomic E-state index is 0.220. The predicted molar refractivity (Wildman–Crippen MR) is 65.7 cm³/mol. The molecule has 0 saturated carbocycles. The van der Waals surface area contributed by atoms with Gasteiger partial charge in [-0.1, -0.05) is 12.1 Å². The van der Waals surface area contributed by atoms with Crippen molar-refractivity contribution in [1.82, 2.24) is 0 Å². The van der Waals surface area contributed by atoms with Crippen LogP contribution in [0, 0.1) is 19.7 Å². The van der Waals surface area contributed by atoms with E-state index in [0.29, 0.717) is 0 Å². The van der Waals surface area contributed by atoms with Gasteiger partial charge in [-0.15, -0.1) is 0 Å². The fourth-order valence-electron chi connectivity index (χ4n) is 1.82. The Labute approximate surface area is 94.7 Å². The maximum Gasteiger partial charge on any atom is 0.123 e. The van der Waals surface area contributed by atoms with E-state index in [4.69, 9.17) is 5.73 Å². The van der Waals surface area contributed by atoms with Crippen LogP contribution in [-0.4, -0.2) is 0 Å². The van der Waals surface area contributed by atoms with Gasteiger partial charge in [0.25, 0.3) is 0 Å². The number of benzene rings is 2. The Morgan fingerprint density at radius 3 is 2.25 bits per heavy atom. The Hall–Kier alpha value is -1.83. The van der Waals surface area contributed by atoms with Crippen molar-refractivity contribution in [2.45, 2.75) is 13.8 Å². The van der Waals surface area contributed by atoms with Gasteiger partial charge in [0.15, 0.2) is 0 Å². The molecule has 0 aliphatic carbocycles. The topological polar surface area (TPSA) is 26.0 Å². The van der Waals surface area contributed by atoms with Crippen LogP contribution in [0.1, 0.15) is 11.1 Å². The summed E-state index contributed by atoms with van der Waals surface area (Å²) >= 11 is 0. The summed E-state index contributed by atoms with van der Waals surface area (Å²) in [5.74, 6) is -0.220. The first kappa shape index (κ1) is 10.7. The molecular weight excluding hydrogens is 201 g/mol. The summed E-state index contributed by atoms with van der Waals surface area (Å²) in [7, 11) is 0. The molecular formula is C14H14FN. The van der Waals surface area contributed by atoms with Gasteiger partial charge in [0.1, 0.15) is 5.82 Å². The van der Waals surface area contributed by atoms with Crippen LogP contribution in [0.5, 0.6) is 0 Å². The van der Waals surface area contributed by atoms with Crippen molar-refractivity contribution < 1.29 is 4.39 Å². The zero-order chi connectivity index (χ0) is 11.7. The Morgan fingerprint density at radius 2 is 1.62 bits per heavy atom. The molecule has 0 saturated heterocycles. The molecule has 2 rings (SSSR count). The van der Waals surface area contributed by atoms with Crippen molar-refractivity contribution in [3.63, 3.8) is 0 Å². The van der Waals surface area contributed by atoms with Crippen LogP contribution in [0.4, 0.5) is 10.1 Å². The van der Waals surface area contributed by atoms with Gasteiger partial charge in [-0.25, -0.2) is 4.39 Å². The summed E-state index contributed by atoms with van der Waals surface area (Å²) in [6.45, 7) is 4.08. The second-order valence-electron chi connectivity index (χ2n) is 4.02. The lowest BCUT2D eigenvalue weighted by Crippen LogP contribution is -1.92. The van der Waals surface area contributed by atoms with E-state index in [1.165, 1.54) is 17.7 Å². The lowest BCUT2D eigenvalue weighted by Gasteiger charge is -2.10. The minimum Gasteiger partial charge on any atom is -0.399 e. The van der Waals surface area contributed by atoms with Gasteiger partial charge in [-0.2, -0.15) is 0 Å². The molecule has 0 spiro atoms. The smallest absolute Gasteiger partial charge is 0.123 e. The van der Waals surface area contributed by atoms with E-state index < -0.39 is 0 Å². The highest BCUT2D eigenvalue weighted by molar-refractivity contribution is 5.72. The molecule has 0 atom stereocenters. The quantitative estimate of drug-likeness (QED) is 0.721. The van der Waals surface area contributed by atoms with Gasteiger partial charge in [-0.3, -0.25) is 0 Å². The largest absolute Gasteiger partial charge is 0.399 e. The van der Waals surface area contributed by atoms with Crippen molar-refractivity contribution in [2.75, 3.05) is 5.73 Å². The third-order valence-electron chi connectivity index (χ3n) is 2.84. The van der Waals surface area contributed by atoms with Crippen LogP contribution in [0.25, 0.3) is 11.1 Å². The number of nitrogen functional groups attached to an aromatic ring is 1. The highest BCUT2D eigenvalue weighted by atomic mass is 19.1. The fraction of sp³-hybridized carbons (Fsp3) is 0.143. The normalized spacial score (nSPS) is 10.4. The molecule has 1 nitrogen and oxygen atoms in total. The van der Waals surface area contributed by atoms with Crippen molar-refractivity contribution in [2.24, 2.45) is 0 Å². The standard InChI is InChI=1S/C14H14FN/c1-9-7-13(16)8-14(10(9)2)11-3-5-12(15)6-4-11/h3-8H,16H2,1-2H3. The molecule has 0 unspecified atom stereocenters. The van der Waals surface area contributed by atoms with Crippen LogP contribution in [0.2, 0.25) is 0 Å². The van der Waals surface area contributed by atoms with E-state index in [1.54, 1.807) is 12.1 Å². The van der Waals surface area contributed by atoms with E-state index in [0.717, 1.165) is 22.4 Å². The van der Waals surface area contributed by atoms with E-state index in [9.17, 15) is 4.39 Å². The van der Waals surface area contributed by atoms with E-state index in [2.05, 4.69) is 0 Å². The molecule has 0 amide bonds. The fourth-order valence-corrected chi connectivity index (χ4v) is 1.82. The maximum atomic E-state index is 12.8. The Balaban J connectivity index is 2.59. The molecule has 2 heteroatoms. The van der Waals surface area contributed by atoms with E-state index in [1.807, 2.05) is 26.0 Å².